The van der Waals surface area contributed by atoms with E-state index in [1.807, 2.05) is 42.5 Å². The Balaban J connectivity index is 1.57. The summed E-state index contributed by atoms with van der Waals surface area (Å²) in [6.07, 6.45) is 3.64. The Morgan fingerprint density at radius 3 is 2.66 bits per heavy atom. The van der Waals surface area contributed by atoms with Crippen molar-refractivity contribution >= 4 is 22.8 Å². The molecule has 0 saturated carbocycles. The van der Waals surface area contributed by atoms with Crippen LogP contribution in [0.3, 0.4) is 0 Å². The van der Waals surface area contributed by atoms with E-state index in [9.17, 15) is 0 Å². The van der Waals surface area contributed by atoms with Crippen LogP contribution in [0.1, 0.15) is 32.1 Å². The van der Waals surface area contributed by atoms with E-state index in [1.54, 1.807) is 18.9 Å². The number of hydrogen-bond donors (Lipinski definition) is 0. The molecular formula is C22H24N4O2S. The number of fused-ring (bicyclic) bond motifs is 1. The number of ether oxygens (including phenoxy) is 1. The van der Waals surface area contributed by atoms with Gasteiger partial charge in [-0.15, -0.1) is 10.2 Å². The number of rotatable bonds is 9. The molecule has 6 nitrogen and oxygen atoms in total. The van der Waals surface area contributed by atoms with Crippen LogP contribution in [0.25, 0.3) is 22.5 Å². The van der Waals surface area contributed by atoms with Gasteiger partial charge in [0.1, 0.15) is 12.3 Å². The second kappa shape index (κ2) is 9.13. The Morgan fingerprint density at radius 1 is 1.03 bits per heavy atom. The lowest BCUT2D eigenvalue weighted by atomic mass is 10.2. The fourth-order valence-corrected chi connectivity index (χ4v) is 4.15. The van der Waals surface area contributed by atoms with Crippen molar-refractivity contribution in [3.63, 3.8) is 0 Å². The zero-order valence-corrected chi connectivity index (χ0v) is 17.5. The fraction of sp³-hybridized carbons (Fsp3) is 0.318. The van der Waals surface area contributed by atoms with Crippen molar-refractivity contribution in [2.75, 3.05) is 12.9 Å². The quantitative estimate of drug-likeness (QED) is 0.272. The summed E-state index contributed by atoms with van der Waals surface area (Å²) in [5.74, 6) is 2.92. The number of nitrogens with zero attached hydrogens (tertiary/aromatic N) is 4. The summed E-state index contributed by atoms with van der Waals surface area (Å²) < 4.78 is 13.3. The van der Waals surface area contributed by atoms with E-state index >= 15 is 0 Å². The zero-order valence-electron chi connectivity index (χ0n) is 16.7. The highest BCUT2D eigenvalue weighted by atomic mass is 32.2. The van der Waals surface area contributed by atoms with Crippen molar-refractivity contribution in [3.05, 3.63) is 54.4 Å². The average molecular weight is 409 g/mol. The molecule has 0 bridgehead atoms. The predicted octanol–water partition coefficient (Wildman–Crippen LogP) is 5.43. The van der Waals surface area contributed by atoms with Gasteiger partial charge in [-0.1, -0.05) is 43.7 Å². The molecule has 0 radical (unpaired) electrons. The summed E-state index contributed by atoms with van der Waals surface area (Å²) in [6, 6.07) is 15.8. The van der Waals surface area contributed by atoms with Crippen LogP contribution in [0.4, 0.5) is 0 Å². The summed E-state index contributed by atoms with van der Waals surface area (Å²) in [4.78, 5) is 4.81. The van der Waals surface area contributed by atoms with Crippen molar-refractivity contribution < 1.29 is 9.15 Å². The lowest BCUT2D eigenvalue weighted by molar-refractivity contribution is 0.415. The van der Waals surface area contributed by atoms with Gasteiger partial charge in [0.05, 0.1) is 18.1 Å². The Bertz CT molecular complexity index is 1070. The van der Waals surface area contributed by atoms with Gasteiger partial charge in [-0.05, 0) is 42.8 Å². The fourth-order valence-electron chi connectivity index (χ4n) is 3.13. The topological polar surface area (TPSA) is 66.0 Å². The van der Waals surface area contributed by atoms with Gasteiger partial charge >= 0.3 is 0 Å². The van der Waals surface area contributed by atoms with Crippen LogP contribution in [0.15, 0.2) is 58.1 Å². The van der Waals surface area contributed by atoms with Gasteiger partial charge in [-0.2, -0.15) is 0 Å². The molecular weight excluding hydrogens is 384 g/mol. The summed E-state index contributed by atoms with van der Waals surface area (Å²) in [5.41, 5.74) is 2.93. The van der Waals surface area contributed by atoms with E-state index in [1.165, 1.54) is 19.3 Å². The molecule has 7 heteroatoms. The molecule has 0 aliphatic rings. The van der Waals surface area contributed by atoms with Gasteiger partial charge in [0.15, 0.2) is 5.16 Å². The highest BCUT2D eigenvalue weighted by molar-refractivity contribution is 7.99. The molecule has 0 aliphatic carbocycles. The van der Waals surface area contributed by atoms with Crippen molar-refractivity contribution in [2.24, 2.45) is 0 Å². The van der Waals surface area contributed by atoms with Gasteiger partial charge < -0.3 is 13.7 Å². The summed E-state index contributed by atoms with van der Waals surface area (Å²) in [5, 5.41) is 9.47. The van der Waals surface area contributed by atoms with E-state index in [0.29, 0.717) is 18.3 Å². The van der Waals surface area contributed by atoms with Gasteiger partial charge in [-0.3, -0.25) is 0 Å². The van der Waals surface area contributed by atoms with Crippen LogP contribution in [0, 0.1) is 0 Å². The van der Waals surface area contributed by atoms with Gasteiger partial charge in [0, 0.05) is 11.3 Å². The summed E-state index contributed by atoms with van der Waals surface area (Å²) >= 11 is 1.79. The molecule has 0 N–H and O–H groups in total. The molecule has 150 valence electrons. The first-order chi connectivity index (χ1) is 14.3. The van der Waals surface area contributed by atoms with E-state index < -0.39 is 0 Å². The Labute approximate surface area is 174 Å². The number of imidazole rings is 1. The zero-order chi connectivity index (χ0) is 20.1. The lowest BCUT2D eigenvalue weighted by Crippen LogP contribution is -2.02. The van der Waals surface area contributed by atoms with Crippen LogP contribution in [-0.4, -0.2) is 32.6 Å². The molecule has 0 fully saturated rings. The maximum atomic E-state index is 5.94. The van der Waals surface area contributed by atoms with E-state index in [-0.39, 0.29) is 0 Å². The second-order valence-corrected chi connectivity index (χ2v) is 7.82. The molecule has 0 unspecified atom stereocenters. The number of hydrogen-bond acceptors (Lipinski definition) is 6. The molecule has 4 aromatic rings. The van der Waals surface area contributed by atoms with E-state index in [2.05, 4.69) is 27.8 Å². The molecule has 4 rings (SSSR count). The summed E-state index contributed by atoms with van der Waals surface area (Å²) in [7, 11) is 1.65. The largest absolute Gasteiger partial charge is 0.497 e. The minimum absolute atomic E-state index is 0.500. The molecule has 2 aromatic carbocycles. The molecule has 0 atom stereocenters. The van der Waals surface area contributed by atoms with E-state index in [0.717, 1.165) is 33.3 Å². The number of unbranched alkanes of at least 4 members (excludes halogenated alkanes) is 2. The maximum Gasteiger partial charge on any atom is 0.247 e. The molecule has 2 heterocycles. The molecule has 0 spiro atoms. The average Bonchev–Trinajstić information content (AvgIpc) is 3.37. The molecule has 29 heavy (non-hydrogen) atoms. The standard InChI is InChI=1S/C22H24N4O2S/c1-3-4-7-14-29-22-23-18-8-5-6-9-19(18)26(22)15-20-24-25-21(28-20)16-10-12-17(27-2)13-11-16/h5-6,8-13H,3-4,7,14-15H2,1-2H3. The third-order valence-corrected chi connectivity index (χ3v) is 5.76. The van der Waals surface area contributed by atoms with Crippen LogP contribution in [0.2, 0.25) is 0 Å². The second-order valence-electron chi connectivity index (χ2n) is 6.75. The minimum atomic E-state index is 0.500. The Kier molecular flexibility index (Phi) is 6.14. The van der Waals surface area contributed by atoms with Crippen molar-refractivity contribution in [2.45, 2.75) is 37.9 Å². The normalized spacial score (nSPS) is 11.2. The monoisotopic (exact) mass is 408 g/mol. The van der Waals surface area contributed by atoms with Gasteiger partial charge in [0.25, 0.3) is 0 Å². The van der Waals surface area contributed by atoms with Crippen molar-refractivity contribution in [1.29, 1.82) is 0 Å². The number of methoxy groups -OCH3 is 1. The van der Waals surface area contributed by atoms with Crippen LogP contribution in [0.5, 0.6) is 5.75 Å². The van der Waals surface area contributed by atoms with Crippen LogP contribution in [-0.2, 0) is 6.54 Å². The van der Waals surface area contributed by atoms with Crippen molar-refractivity contribution in [1.82, 2.24) is 19.7 Å². The number of thioether (sulfide) groups is 1. The van der Waals surface area contributed by atoms with Gasteiger partial charge in [-0.25, -0.2) is 4.98 Å². The first kappa shape index (κ1) is 19.5. The predicted molar refractivity (Wildman–Crippen MR) is 115 cm³/mol. The third kappa shape index (κ3) is 4.45. The Morgan fingerprint density at radius 2 is 1.86 bits per heavy atom. The molecule has 0 saturated heterocycles. The Hall–Kier alpha value is -2.80. The SMILES string of the molecule is CCCCCSc1nc2ccccc2n1Cc1nnc(-c2ccc(OC)cc2)o1. The number of aromatic nitrogens is 4. The highest BCUT2D eigenvalue weighted by Crippen LogP contribution is 2.27. The number of benzene rings is 2. The first-order valence-electron chi connectivity index (χ1n) is 9.83. The first-order valence-corrected chi connectivity index (χ1v) is 10.8. The molecule has 0 aliphatic heterocycles. The molecule has 0 amide bonds. The van der Waals surface area contributed by atoms with E-state index in [4.69, 9.17) is 14.1 Å². The molecule has 2 aromatic heterocycles. The summed E-state index contributed by atoms with van der Waals surface area (Å²) in [6.45, 7) is 2.72. The van der Waals surface area contributed by atoms with Gasteiger partial charge in [0.2, 0.25) is 11.8 Å². The number of para-hydroxylation sites is 2. The maximum absolute atomic E-state index is 5.94. The van der Waals surface area contributed by atoms with Crippen LogP contribution < -0.4 is 4.74 Å². The highest BCUT2D eigenvalue weighted by Gasteiger charge is 2.15. The minimum Gasteiger partial charge on any atom is -0.497 e. The smallest absolute Gasteiger partial charge is 0.247 e. The lowest BCUT2D eigenvalue weighted by Gasteiger charge is -2.06. The van der Waals surface area contributed by atoms with Crippen LogP contribution >= 0.6 is 11.8 Å². The third-order valence-electron chi connectivity index (χ3n) is 4.70. The van der Waals surface area contributed by atoms with Crippen molar-refractivity contribution in [3.8, 4) is 17.2 Å².